The van der Waals surface area contributed by atoms with E-state index in [9.17, 15) is 18.0 Å². The largest absolute Gasteiger partial charge is 0.349 e. The minimum atomic E-state index is -3.81. The summed E-state index contributed by atoms with van der Waals surface area (Å²) in [6.07, 6.45) is 2.80. The Labute approximate surface area is 157 Å². The summed E-state index contributed by atoms with van der Waals surface area (Å²) in [5, 5.41) is 5.61. The van der Waals surface area contributed by atoms with Crippen molar-refractivity contribution >= 4 is 33.2 Å². The van der Waals surface area contributed by atoms with Crippen molar-refractivity contribution in [3.05, 3.63) is 53.6 Å². The first-order valence-electron chi connectivity index (χ1n) is 8.77. The molecule has 8 heteroatoms. The lowest BCUT2D eigenvalue weighted by molar-refractivity contribution is -0.116. The fourth-order valence-corrected chi connectivity index (χ4v) is 4.06. The fourth-order valence-electron chi connectivity index (χ4n) is 2.96. The zero-order valence-corrected chi connectivity index (χ0v) is 15.3. The van der Waals surface area contributed by atoms with Crippen LogP contribution >= 0.6 is 0 Å². The Kier molecular flexibility index (Phi) is 4.35. The first-order chi connectivity index (χ1) is 12.9. The first-order valence-corrected chi connectivity index (χ1v) is 10.3. The molecule has 1 saturated carbocycles. The molecule has 27 heavy (non-hydrogen) atoms. The highest BCUT2D eigenvalue weighted by Gasteiger charge is 2.24. The second-order valence-corrected chi connectivity index (χ2v) is 8.48. The zero-order valence-electron chi connectivity index (χ0n) is 14.5. The molecule has 1 fully saturated rings. The molecule has 0 radical (unpaired) electrons. The molecule has 0 atom stereocenters. The molecule has 1 aliphatic heterocycles. The average molecular weight is 385 g/mol. The summed E-state index contributed by atoms with van der Waals surface area (Å²) in [4.78, 5) is 23.7. The molecular formula is C19H19N3O4S. The van der Waals surface area contributed by atoms with E-state index < -0.39 is 10.0 Å². The van der Waals surface area contributed by atoms with Crippen molar-refractivity contribution in [2.45, 2.75) is 36.6 Å². The number of aryl methyl sites for hydroxylation is 1. The Morgan fingerprint density at radius 2 is 1.89 bits per heavy atom. The number of nitrogens with one attached hydrogen (secondary N) is 3. The van der Waals surface area contributed by atoms with Crippen LogP contribution in [0.3, 0.4) is 0 Å². The molecule has 0 aromatic heterocycles. The van der Waals surface area contributed by atoms with Crippen molar-refractivity contribution in [1.82, 2.24) is 5.32 Å². The third-order valence-electron chi connectivity index (χ3n) is 4.57. The van der Waals surface area contributed by atoms with Gasteiger partial charge in [0.25, 0.3) is 15.9 Å². The average Bonchev–Trinajstić information content (AvgIpc) is 3.45. The summed E-state index contributed by atoms with van der Waals surface area (Å²) in [5.41, 5.74) is 2.17. The molecule has 1 heterocycles. The lowest BCUT2D eigenvalue weighted by Gasteiger charge is -2.18. The molecule has 3 N–H and O–H groups in total. The van der Waals surface area contributed by atoms with Gasteiger partial charge in [0.05, 0.1) is 4.90 Å². The van der Waals surface area contributed by atoms with Crippen LogP contribution < -0.4 is 15.4 Å². The summed E-state index contributed by atoms with van der Waals surface area (Å²) in [6.45, 7) is 0. The Bertz CT molecular complexity index is 1030. The Morgan fingerprint density at radius 3 is 2.67 bits per heavy atom. The monoisotopic (exact) mass is 385 g/mol. The van der Waals surface area contributed by atoms with E-state index in [-0.39, 0.29) is 22.8 Å². The fraction of sp³-hybridized carbons (Fsp3) is 0.263. The van der Waals surface area contributed by atoms with E-state index in [2.05, 4.69) is 15.4 Å². The third-order valence-corrected chi connectivity index (χ3v) is 5.95. The number of carbonyl (C=O) groups is 2. The van der Waals surface area contributed by atoms with Gasteiger partial charge in [-0.2, -0.15) is 0 Å². The predicted octanol–water partition coefficient (Wildman–Crippen LogP) is 2.26. The van der Waals surface area contributed by atoms with Gasteiger partial charge in [-0.15, -0.1) is 0 Å². The standard InChI is InChI=1S/C19H19N3O4S/c23-18-9-4-12-11-16(7-8-17(12)21-18)27(25,26)22-15-3-1-2-13(10-15)19(24)20-14-5-6-14/h1-3,7-8,10-11,14,22H,4-6,9H2,(H,20,24)(H,21,23). The van der Waals surface area contributed by atoms with Gasteiger partial charge >= 0.3 is 0 Å². The van der Waals surface area contributed by atoms with Crippen LogP contribution in [-0.2, 0) is 21.2 Å². The van der Waals surface area contributed by atoms with Gasteiger partial charge in [0.1, 0.15) is 0 Å². The van der Waals surface area contributed by atoms with Crippen LogP contribution in [0.2, 0.25) is 0 Å². The molecule has 0 saturated heterocycles. The topological polar surface area (TPSA) is 104 Å². The summed E-state index contributed by atoms with van der Waals surface area (Å²) in [5.74, 6) is -0.277. The summed E-state index contributed by atoms with van der Waals surface area (Å²) in [7, 11) is -3.81. The molecular weight excluding hydrogens is 366 g/mol. The van der Waals surface area contributed by atoms with Gasteiger partial charge in [-0.1, -0.05) is 6.07 Å². The van der Waals surface area contributed by atoms with Crippen LogP contribution in [-0.4, -0.2) is 26.3 Å². The van der Waals surface area contributed by atoms with Crippen molar-refractivity contribution < 1.29 is 18.0 Å². The van der Waals surface area contributed by atoms with Gasteiger partial charge in [-0.05, 0) is 61.2 Å². The molecule has 7 nitrogen and oxygen atoms in total. The number of rotatable bonds is 5. The van der Waals surface area contributed by atoms with Crippen molar-refractivity contribution in [3.8, 4) is 0 Å². The third kappa shape index (κ3) is 3.95. The van der Waals surface area contributed by atoms with Gasteiger partial charge in [0.2, 0.25) is 5.91 Å². The molecule has 1 aliphatic carbocycles. The van der Waals surface area contributed by atoms with E-state index in [0.29, 0.717) is 29.8 Å². The molecule has 2 aromatic carbocycles. The van der Waals surface area contributed by atoms with E-state index in [1.165, 1.54) is 12.1 Å². The number of fused-ring (bicyclic) bond motifs is 1. The van der Waals surface area contributed by atoms with Gasteiger partial charge in [0.15, 0.2) is 0 Å². The first kappa shape index (κ1) is 17.5. The summed E-state index contributed by atoms with van der Waals surface area (Å²) >= 11 is 0. The summed E-state index contributed by atoms with van der Waals surface area (Å²) < 4.78 is 28.0. The maximum absolute atomic E-state index is 12.7. The number of carbonyl (C=O) groups excluding carboxylic acids is 2. The number of sulfonamides is 1. The van der Waals surface area contributed by atoms with E-state index in [4.69, 9.17) is 0 Å². The van der Waals surface area contributed by atoms with Crippen molar-refractivity contribution in [2.75, 3.05) is 10.0 Å². The van der Waals surface area contributed by atoms with Crippen LogP contribution in [0, 0.1) is 0 Å². The molecule has 2 aromatic rings. The molecule has 2 aliphatic rings. The van der Waals surface area contributed by atoms with Gasteiger partial charge < -0.3 is 10.6 Å². The van der Waals surface area contributed by atoms with Gasteiger partial charge in [0, 0.05) is 29.4 Å². The molecule has 0 spiro atoms. The minimum absolute atomic E-state index is 0.0717. The summed E-state index contributed by atoms with van der Waals surface area (Å²) in [6, 6.07) is 11.3. The molecule has 0 bridgehead atoms. The van der Waals surface area contributed by atoms with Crippen LogP contribution in [0.5, 0.6) is 0 Å². The van der Waals surface area contributed by atoms with Crippen molar-refractivity contribution in [1.29, 1.82) is 0 Å². The molecule has 2 amide bonds. The second kappa shape index (κ2) is 6.70. The minimum Gasteiger partial charge on any atom is -0.349 e. The van der Waals surface area contributed by atoms with Crippen LogP contribution in [0.25, 0.3) is 0 Å². The lowest BCUT2D eigenvalue weighted by atomic mass is 10.0. The number of amides is 2. The maximum Gasteiger partial charge on any atom is 0.261 e. The van der Waals surface area contributed by atoms with Crippen LogP contribution in [0.1, 0.15) is 35.2 Å². The normalized spacial score (nSPS) is 16.2. The molecule has 0 unspecified atom stereocenters. The lowest BCUT2D eigenvalue weighted by Crippen LogP contribution is -2.25. The number of anilines is 2. The molecule has 140 valence electrons. The Balaban J connectivity index is 1.55. The Hall–Kier alpha value is -2.87. The van der Waals surface area contributed by atoms with E-state index in [1.54, 1.807) is 30.3 Å². The van der Waals surface area contributed by atoms with Crippen molar-refractivity contribution in [3.63, 3.8) is 0 Å². The number of hydrogen-bond donors (Lipinski definition) is 3. The zero-order chi connectivity index (χ0) is 19.0. The van der Waals surface area contributed by atoms with Gasteiger partial charge in [-0.3, -0.25) is 14.3 Å². The van der Waals surface area contributed by atoms with Crippen LogP contribution in [0.4, 0.5) is 11.4 Å². The number of hydrogen-bond acceptors (Lipinski definition) is 4. The van der Waals surface area contributed by atoms with Crippen LogP contribution in [0.15, 0.2) is 47.4 Å². The van der Waals surface area contributed by atoms with E-state index >= 15 is 0 Å². The SMILES string of the molecule is O=C1CCc2cc(S(=O)(=O)Nc3cccc(C(=O)NC4CC4)c3)ccc2N1. The predicted molar refractivity (Wildman–Crippen MR) is 101 cm³/mol. The smallest absolute Gasteiger partial charge is 0.261 e. The maximum atomic E-state index is 12.7. The highest BCUT2D eigenvalue weighted by Crippen LogP contribution is 2.27. The highest BCUT2D eigenvalue weighted by molar-refractivity contribution is 7.92. The van der Waals surface area contributed by atoms with E-state index in [0.717, 1.165) is 18.4 Å². The highest BCUT2D eigenvalue weighted by atomic mass is 32.2. The number of benzene rings is 2. The second-order valence-electron chi connectivity index (χ2n) is 6.80. The van der Waals surface area contributed by atoms with E-state index in [1.807, 2.05) is 0 Å². The molecule has 4 rings (SSSR count). The van der Waals surface area contributed by atoms with Gasteiger partial charge in [-0.25, -0.2) is 8.42 Å². The Morgan fingerprint density at radius 1 is 1.07 bits per heavy atom. The quantitative estimate of drug-likeness (QED) is 0.734. The van der Waals surface area contributed by atoms with Crippen molar-refractivity contribution in [2.24, 2.45) is 0 Å².